The number of ether oxygens (including phenoxy) is 1. The molecule has 0 aromatic heterocycles. The Bertz CT molecular complexity index is 301. The standard InChI is InChI=1S/C8H12N2O3S/c1-4-3-14-6(7(11)13-2)5(4)10-8(9)12/h4H,3H2,1-2H3,(H3,9,10,12). The number of thioether (sulfide) groups is 1. The lowest BCUT2D eigenvalue weighted by Gasteiger charge is -2.09. The van der Waals surface area contributed by atoms with Crippen LogP contribution in [0.5, 0.6) is 0 Å². The molecule has 0 bridgehead atoms. The second-order valence-corrected chi connectivity index (χ2v) is 3.97. The van der Waals surface area contributed by atoms with E-state index < -0.39 is 12.0 Å². The van der Waals surface area contributed by atoms with Gasteiger partial charge < -0.3 is 15.8 Å². The number of allylic oxidation sites excluding steroid dienone is 1. The van der Waals surface area contributed by atoms with Gasteiger partial charge >= 0.3 is 12.0 Å². The lowest BCUT2D eigenvalue weighted by molar-refractivity contribution is -0.135. The van der Waals surface area contributed by atoms with Crippen LogP contribution in [0.15, 0.2) is 10.6 Å². The van der Waals surface area contributed by atoms with Crippen LogP contribution in [0.4, 0.5) is 4.79 Å². The van der Waals surface area contributed by atoms with Gasteiger partial charge in [-0.05, 0) is 0 Å². The fourth-order valence-corrected chi connectivity index (χ4v) is 2.36. The monoisotopic (exact) mass is 216 g/mol. The molecule has 1 atom stereocenters. The first-order valence-electron chi connectivity index (χ1n) is 4.08. The molecule has 14 heavy (non-hydrogen) atoms. The molecule has 1 rings (SSSR count). The van der Waals surface area contributed by atoms with Crippen molar-refractivity contribution in [3.05, 3.63) is 10.6 Å². The number of hydrogen-bond acceptors (Lipinski definition) is 4. The van der Waals surface area contributed by atoms with E-state index in [0.29, 0.717) is 10.6 Å². The van der Waals surface area contributed by atoms with Crippen LogP contribution in [0.2, 0.25) is 0 Å². The quantitative estimate of drug-likeness (QED) is 0.655. The predicted molar refractivity (Wildman–Crippen MR) is 53.4 cm³/mol. The summed E-state index contributed by atoms with van der Waals surface area (Å²) < 4.78 is 4.58. The number of nitrogens with one attached hydrogen (secondary N) is 1. The third-order valence-electron chi connectivity index (χ3n) is 1.84. The highest BCUT2D eigenvalue weighted by Crippen LogP contribution is 2.34. The average Bonchev–Trinajstić information content (AvgIpc) is 2.46. The Hall–Kier alpha value is -1.17. The van der Waals surface area contributed by atoms with Gasteiger partial charge in [0.1, 0.15) is 4.91 Å². The third-order valence-corrected chi connectivity index (χ3v) is 3.19. The number of urea groups is 1. The molecule has 0 spiro atoms. The summed E-state index contributed by atoms with van der Waals surface area (Å²) in [6.45, 7) is 1.91. The van der Waals surface area contributed by atoms with Crippen LogP contribution >= 0.6 is 11.8 Å². The first-order valence-corrected chi connectivity index (χ1v) is 5.06. The Kier molecular flexibility index (Phi) is 3.40. The molecule has 0 saturated carbocycles. The summed E-state index contributed by atoms with van der Waals surface area (Å²) in [6, 6.07) is -0.657. The van der Waals surface area contributed by atoms with Crippen LogP contribution < -0.4 is 11.1 Å². The second kappa shape index (κ2) is 4.36. The predicted octanol–water partition coefficient (Wildman–Crippen LogP) is 0.422. The normalized spacial score (nSPS) is 20.9. The van der Waals surface area contributed by atoms with Crippen LogP contribution in [-0.2, 0) is 9.53 Å². The molecule has 0 aromatic carbocycles. The minimum Gasteiger partial charge on any atom is -0.465 e. The smallest absolute Gasteiger partial charge is 0.346 e. The van der Waals surface area contributed by atoms with Crippen molar-refractivity contribution in [1.29, 1.82) is 0 Å². The van der Waals surface area contributed by atoms with Gasteiger partial charge in [0.2, 0.25) is 0 Å². The SMILES string of the molecule is COC(=O)C1=C(NC(N)=O)C(C)CS1. The Morgan fingerprint density at radius 1 is 1.64 bits per heavy atom. The summed E-state index contributed by atoms with van der Waals surface area (Å²) in [6.07, 6.45) is 0. The number of methoxy groups -OCH3 is 1. The molecule has 2 amide bonds. The lowest BCUT2D eigenvalue weighted by atomic mass is 10.1. The minimum atomic E-state index is -0.657. The highest BCUT2D eigenvalue weighted by molar-refractivity contribution is 8.04. The van der Waals surface area contributed by atoms with Crippen LogP contribution in [0.25, 0.3) is 0 Å². The van der Waals surface area contributed by atoms with Gasteiger partial charge in [0.25, 0.3) is 0 Å². The molecule has 0 aliphatic carbocycles. The maximum absolute atomic E-state index is 11.3. The molecule has 1 aliphatic heterocycles. The number of carbonyl (C=O) groups excluding carboxylic acids is 2. The van der Waals surface area contributed by atoms with E-state index in [9.17, 15) is 9.59 Å². The Morgan fingerprint density at radius 3 is 2.79 bits per heavy atom. The maximum Gasteiger partial charge on any atom is 0.346 e. The van der Waals surface area contributed by atoms with Gasteiger partial charge in [-0.1, -0.05) is 6.92 Å². The molecule has 0 aromatic rings. The van der Waals surface area contributed by atoms with Crippen molar-refractivity contribution in [2.75, 3.05) is 12.9 Å². The van der Waals surface area contributed by atoms with Gasteiger partial charge in [0.05, 0.1) is 7.11 Å². The van der Waals surface area contributed by atoms with E-state index in [1.807, 2.05) is 6.92 Å². The largest absolute Gasteiger partial charge is 0.465 e. The molecule has 1 aliphatic rings. The van der Waals surface area contributed by atoms with Gasteiger partial charge in [-0.15, -0.1) is 11.8 Å². The van der Waals surface area contributed by atoms with Crippen LogP contribution in [0.3, 0.4) is 0 Å². The van der Waals surface area contributed by atoms with Gasteiger partial charge in [-0.3, -0.25) is 0 Å². The number of amides is 2. The van der Waals surface area contributed by atoms with E-state index in [4.69, 9.17) is 5.73 Å². The van der Waals surface area contributed by atoms with E-state index in [-0.39, 0.29) is 5.92 Å². The van der Waals surface area contributed by atoms with Crippen molar-refractivity contribution < 1.29 is 14.3 Å². The molecule has 3 N–H and O–H groups in total. The highest BCUT2D eigenvalue weighted by Gasteiger charge is 2.28. The number of primary amides is 1. The average molecular weight is 216 g/mol. The summed E-state index contributed by atoms with van der Waals surface area (Å²) in [5.74, 6) is 0.435. The fourth-order valence-electron chi connectivity index (χ4n) is 1.17. The summed E-state index contributed by atoms with van der Waals surface area (Å²) >= 11 is 1.37. The van der Waals surface area contributed by atoms with Gasteiger partial charge in [-0.2, -0.15) is 0 Å². The second-order valence-electron chi connectivity index (χ2n) is 2.94. The third kappa shape index (κ3) is 2.20. The van der Waals surface area contributed by atoms with Crippen molar-refractivity contribution in [2.45, 2.75) is 6.92 Å². The fraction of sp³-hybridized carbons (Fsp3) is 0.500. The van der Waals surface area contributed by atoms with E-state index in [1.165, 1.54) is 18.9 Å². The molecule has 1 heterocycles. The maximum atomic E-state index is 11.3. The number of carbonyl (C=O) groups is 2. The van der Waals surface area contributed by atoms with Gasteiger partial charge in [-0.25, -0.2) is 9.59 Å². The minimum absolute atomic E-state index is 0.113. The zero-order valence-electron chi connectivity index (χ0n) is 7.99. The van der Waals surface area contributed by atoms with Crippen molar-refractivity contribution >= 4 is 23.8 Å². The highest BCUT2D eigenvalue weighted by atomic mass is 32.2. The molecule has 0 fully saturated rings. The molecule has 6 heteroatoms. The van der Waals surface area contributed by atoms with Crippen molar-refractivity contribution in [1.82, 2.24) is 5.32 Å². The van der Waals surface area contributed by atoms with E-state index in [1.54, 1.807) is 0 Å². The van der Waals surface area contributed by atoms with Crippen molar-refractivity contribution in [3.63, 3.8) is 0 Å². The number of rotatable bonds is 2. The molecule has 5 nitrogen and oxygen atoms in total. The number of hydrogen-bond donors (Lipinski definition) is 2. The zero-order chi connectivity index (χ0) is 10.7. The lowest BCUT2D eigenvalue weighted by Crippen LogP contribution is -2.31. The summed E-state index contributed by atoms with van der Waals surface area (Å²) in [4.78, 5) is 22.4. The van der Waals surface area contributed by atoms with E-state index in [0.717, 1.165) is 5.75 Å². The Balaban J connectivity index is 2.90. The molecule has 1 unspecified atom stereocenters. The summed E-state index contributed by atoms with van der Waals surface area (Å²) in [5, 5.41) is 2.45. The van der Waals surface area contributed by atoms with E-state index >= 15 is 0 Å². The first-order chi connectivity index (χ1) is 6.56. The first kappa shape index (κ1) is 10.9. The Morgan fingerprint density at radius 2 is 2.29 bits per heavy atom. The van der Waals surface area contributed by atoms with Crippen LogP contribution in [-0.4, -0.2) is 24.9 Å². The van der Waals surface area contributed by atoms with Crippen LogP contribution in [0, 0.1) is 5.92 Å². The number of nitrogens with two attached hydrogens (primary N) is 1. The van der Waals surface area contributed by atoms with Crippen molar-refractivity contribution in [3.8, 4) is 0 Å². The number of esters is 1. The molecular formula is C8H12N2O3S. The van der Waals surface area contributed by atoms with Crippen molar-refractivity contribution in [2.24, 2.45) is 11.7 Å². The van der Waals surface area contributed by atoms with Gasteiger partial charge in [0, 0.05) is 17.4 Å². The van der Waals surface area contributed by atoms with Crippen LogP contribution in [0.1, 0.15) is 6.92 Å². The molecule has 0 radical (unpaired) electrons. The summed E-state index contributed by atoms with van der Waals surface area (Å²) in [5.41, 5.74) is 5.56. The van der Waals surface area contributed by atoms with Gasteiger partial charge in [0.15, 0.2) is 0 Å². The molecule has 0 saturated heterocycles. The Labute approximate surface area is 86.0 Å². The zero-order valence-corrected chi connectivity index (χ0v) is 8.81. The molecular weight excluding hydrogens is 204 g/mol. The summed E-state index contributed by atoms with van der Waals surface area (Å²) in [7, 11) is 1.31. The van der Waals surface area contributed by atoms with E-state index in [2.05, 4.69) is 10.1 Å². The topological polar surface area (TPSA) is 81.4 Å². The molecule has 78 valence electrons.